The van der Waals surface area contributed by atoms with Gasteiger partial charge in [-0.15, -0.1) is 0 Å². The molecule has 104 valence electrons. The molecule has 0 bridgehead atoms. The lowest BCUT2D eigenvalue weighted by Crippen LogP contribution is -2.50. The van der Waals surface area contributed by atoms with E-state index in [1.165, 1.54) is 71.0 Å². The van der Waals surface area contributed by atoms with Gasteiger partial charge in [-0.25, -0.2) is 0 Å². The zero-order chi connectivity index (χ0) is 12.4. The number of nitrogens with one attached hydrogen (secondary N) is 1. The molecule has 3 rings (SSSR count). The van der Waals surface area contributed by atoms with Crippen LogP contribution in [0.1, 0.15) is 58.3 Å². The first-order valence-corrected chi connectivity index (χ1v) is 8.32. The van der Waals surface area contributed by atoms with Gasteiger partial charge >= 0.3 is 0 Å². The SMILES string of the molecule is CCCCN1CC(CC2CC2)CC(NC2CC2)C1. The monoisotopic (exact) mass is 250 g/mol. The van der Waals surface area contributed by atoms with Crippen molar-refractivity contribution in [2.24, 2.45) is 11.8 Å². The van der Waals surface area contributed by atoms with E-state index in [4.69, 9.17) is 0 Å². The largest absolute Gasteiger partial charge is 0.310 e. The van der Waals surface area contributed by atoms with Crippen LogP contribution in [0.2, 0.25) is 0 Å². The molecule has 0 aromatic heterocycles. The van der Waals surface area contributed by atoms with E-state index in [1.54, 1.807) is 0 Å². The molecule has 2 nitrogen and oxygen atoms in total. The Morgan fingerprint density at radius 3 is 2.50 bits per heavy atom. The molecule has 2 heteroatoms. The van der Waals surface area contributed by atoms with E-state index in [-0.39, 0.29) is 0 Å². The number of hydrogen-bond donors (Lipinski definition) is 1. The number of piperidine rings is 1. The van der Waals surface area contributed by atoms with E-state index in [9.17, 15) is 0 Å². The van der Waals surface area contributed by atoms with Crippen LogP contribution in [0.15, 0.2) is 0 Å². The lowest BCUT2D eigenvalue weighted by molar-refractivity contribution is 0.130. The van der Waals surface area contributed by atoms with E-state index in [0.717, 1.165) is 23.9 Å². The average molecular weight is 250 g/mol. The highest BCUT2D eigenvalue weighted by Crippen LogP contribution is 2.38. The Kier molecular flexibility index (Phi) is 4.25. The van der Waals surface area contributed by atoms with Gasteiger partial charge in [0.05, 0.1) is 0 Å². The van der Waals surface area contributed by atoms with Crippen LogP contribution < -0.4 is 5.32 Å². The molecule has 1 N–H and O–H groups in total. The van der Waals surface area contributed by atoms with Crippen LogP contribution in [0.5, 0.6) is 0 Å². The van der Waals surface area contributed by atoms with Gasteiger partial charge in [0.1, 0.15) is 0 Å². The summed E-state index contributed by atoms with van der Waals surface area (Å²) in [6.07, 6.45) is 11.6. The topological polar surface area (TPSA) is 15.3 Å². The molecule has 3 aliphatic rings. The number of unbranched alkanes of at least 4 members (excludes halogenated alkanes) is 1. The van der Waals surface area contributed by atoms with Gasteiger partial charge in [0.15, 0.2) is 0 Å². The highest BCUT2D eigenvalue weighted by atomic mass is 15.2. The molecule has 0 aromatic rings. The average Bonchev–Trinajstić information content (AvgIpc) is 3.22. The minimum absolute atomic E-state index is 0.798. The van der Waals surface area contributed by atoms with Gasteiger partial charge in [-0.3, -0.25) is 0 Å². The number of hydrogen-bond acceptors (Lipinski definition) is 2. The highest BCUT2D eigenvalue weighted by Gasteiger charge is 2.34. The van der Waals surface area contributed by atoms with Gasteiger partial charge in [0.25, 0.3) is 0 Å². The minimum atomic E-state index is 0.798. The van der Waals surface area contributed by atoms with Gasteiger partial charge in [-0.1, -0.05) is 26.2 Å². The van der Waals surface area contributed by atoms with Crippen molar-refractivity contribution in [3.05, 3.63) is 0 Å². The van der Waals surface area contributed by atoms with Crippen LogP contribution in [-0.4, -0.2) is 36.6 Å². The molecule has 18 heavy (non-hydrogen) atoms. The van der Waals surface area contributed by atoms with Crippen molar-refractivity contribution in [2.75, 3.05) is 19.6 Å². The van der Waals surface area contributed by atoms with Crippen molar-refractivity contribution in [3.63, 3.8) is 0 Å². The van der Waals surface area contributed by atoms with Crippen molar-refractivity contribution >= 4 is 0 Å². The van der Waals surface area contributed by atoms with Gasteiger partial charge in [-0.2, -0.15) is 0 Å². The zero-order valence-electron chi connectivity index (χ0n) is 12.0. The molecule has 1 saturated heterocycles. The fourth-order valence-corrected chi connectivity index (χ4v) is 3.57. The number of likely N-dealkylation sites (tertiary alicyclic amines) is 1. The zero-order valence-corrected chi connectivity index (χ0v) is 12.0. The first kappa shape index (κ1) is 12.9. The van der Waals surface area contributed by atoms with E-state index in [0.29, 0.717) is 0 Å². The summed E-state index contributed by atoms with van der Waals surface area (Å²) >= 11 is 0. The fourth-order valence-electron chi connectivity index (χ4n) is 3.57. The quantitative estimate of drug-likeness (QED) is 0.747. The Morgan fingerprint density at radius 2 is 1.83 bits per heavy atom. The van der Waals surface area contributed by atoms with Crippen molar-refractivity contribution in [1.82, 2.24) is 10.2 Å². The summed E-state index contributed by atoms with van der Waals surface area (Å²) in [6.45, 7) is 6.35. The molecule has 2 saturated carbocycles. The Balaban J connectivity index is 1.49. The van der Waals surface area contributed by atoms with Crippen LogP contribution in [0, 0.1) is 11.8 Å². The maximum Gasteiger partial charge on any atom is 0.0200 e. The molecule has 2 atom stereocenters. The van der Waals surface area contributed by atoms with Crippen molar-refractivity contribution in [1.29, 1.82) is 0 Å². The second kappa shape index (κ2) is 5.92. The van der Waals surface area contributed by atoms with Crippen LogP contribution in [0.25, 0.3) is 0 Å². The van der Waals surface area contributed by atoms with E-state index in [1.807, 2.05) is 0 Å². The maximum absolute atomic E-state index is 3.88. The second-order valence-corrected chi connectivity index (χ2v) is 7.03. The first-order valence-electron chi connectivity index (χ1n) is 8.32. The summed E-state index contributed by atoms with van der Waals surface area (Å²) in [7, 11) is 0. The molecule has 2 aliphatic carbocycles. The number of rotatable bonds is 7. The molecule has 2 unspecified atom stereocenters. The summed E-state index contributed by atoms with van der Waals surface area (Å²) < 4.78 is 0. The van der Waals surface area contributed by atoms with Gasteiger partial charge in [-0.05, 0) is 50.5 Å². The van der Waals surface area contributed by atoms with E-state index < -0.39 is 0 Å². The molecule has 0 aromatic carbocycles. The summed E-state index contributed by atoms with van der Waals surface area (Å²) in [6, 6.07) is 1.68. The summed E-state index contributed by atoms with van der Waals surface area (Å²) in [5.74, 6) is 2.09. The third kappa shape index (κ3) is 3.96. The highest BCUT2D eigenvalue weighted by molar-refractivity contribution is 4.91. The van der Waals surface area contributed by atoms with Crippen LogP contribution in [-0.2, 0) is 0 Å². The third-order valence-corrected chi connectivity index (χ3v) is 4.85. The fraction of sp³-hybridized carbons (Fsp3) is 1.00. The minimum Gasteiger partial charge on any atom is -0.310 e. The Hall–Kier alpha value is -0.0800. The van der Waals surface area contributed by atoms with Crippen molar-refractivity contribution < 1.29 is 0 Å². The molecule has 1 heterocycles. The van der Waals surface area contributed by atoms with Gasteiger partial charge in [0.2, 0.25) is 0 Å². The first-order chi connectivity index (χ1) is 8.83. The van der Waals surface area contributed by atoms with E-state index >= 15 is 0 Å². The lowest BCUT2D eigenvalue weighted by atomic mass is 9.89. The summed E-state index contributed by atoms with van der Waals surface area (Å²) in [5, 5.41) is 3.88. The van der Waals surface area contributed by atoms with Gasteiger partial charge in [0, 0.05) is 25.2 Å². The van der Waals surface area contributed by atoms with Crippen LogP contribution in [0.4, 0.5) is 0 Å². The van der Waals surface area contributed by atoms with Crippen LogP contribution >= 0.6 is 0 Å². The molecule has 0 spiro atoms. The molecular weight excluding hydrogens is 220 g/mol. The summed E-state index contributed by atoms with van der Waals surface area (Å²) in [5.41, 5.74) is 0. The summed E-state index contributed by atoms with van der Waals surface area (Å²) in [4.78, 5) is 2.75. The van der Waals surface area contributed by atoms with Crippen molar-refractivity contribution in [2.45, 2.75) is 70.4 Å². The maximum atomic E-state index is 3.88. The molecule has 0 amide bonds. The normalized spacial score (nSPS) is 33.8. The third-order valence-electron chi connectivity index (χ3n) is 4.85. The smallest absolute Gasteiger partial charge is 0.0200 e. The Labute approximate surface area is 113 Å². The number of nitrogens with zero attached hydrogens (tertiary/aromatic N) is 1. The van der Waals surface area contributed by atoms with E-state index in [2.05, 4.69) is 17.1 Å². The Bertz CT molecular complexity index is 236. The molecule has 1 aliphatic heterocycles. The molecule has 3 fully saturated rings. The lowest BCUT2D eigenvalue weighted by Gasteiger charge is -2.38. The molecular formula is C16H30N2. The van der Waals surface area contributed by atoms with Crippen molar-refractivity contribution in [3.8, 4) is 0 Å². The predicted octanol–water partition coefficient (Wildman–Crippen LogP) is 3.03. The second-order valence-electron chi connectivity index (χ2n) is 7.03. The molecule has 0 radical (unpaired) electrons. The van der Waals surface area contributed by atoms with Crippen LogP contribution in [0.3, 0.4) is 0 Å². The predicted molar refractivity (Wildman–Crippen MR) is 76.7 cm³/mol. The van der Waals surface area contributed by atoms with Gasteiger partial charge < -0.3 is 10.2 Å². The standard InChI is InChI=1S/C16H30N2/c1-2-3-8-18-11-14(9-13-4-5-13)10-16(12-18)17-15-6-7-15/h13-17H,2-12H2,1H3. The Morgan fingerprint density at radius 1 is 1.00 bits per heavy atom.